The highest BCUT2D eigenvalue weighted by Crippen LogP contribution is 2.18. The number of hydrogen-bond donors (Lipinski definition) is 0. The van der Waals surface area contributed by atoms with Crippen LogP contribution in [0, 0.1) is 5.92 Å². The topological polar surface area (TPSA) is 76.0 Å². The molecule has 0 aliphatic rings. The molecule has 2 amide bonds. The van der Waals surface area contributed by atoms with E-state index < -0.39 is 11.8 Å². The minimum absolute atomic E-state index is 0.124. The van der Waals surface area contributed by atoms with Crippen molar-refractivity contribution >= 4 is 17.9 Å². The fraction of sp³-hybridized carbons (Fsp3) is 0.286. The summed E-state index contributed by atoms with van der Waals surface area (Å²) in [5.41, 5.74) is 1.20. The maximum absolute atomic E-state index is 12.6. The summed E-state index contributed by atoms with van der Waals surface area (Å²) in [7, 11) is 0. The lowest BCUT2D eigenvalue weighted by Gasteiger charge is -2.15. The van der Waals surface area contributed by atoms with Crippen LogP contribution in [0.25, 0.3) is 0 Å². The molecule has 2 aromatic carbocycles. The van der Waals surface area contributed by atoms with Gasteiger partial charge >= 0.3 is 0 Å². The Morgan fingerprint density at radius 3 is 2.52 bits per heavy atom. The fourth-order valence-corrected chi connectivity index (χ4v) is 2.36. The molecule has 0 atom stereocenters. The molecule has 2 rings (SSSR count). The van der Waals surface area contributed by atoms with Crippen LogP contribution in [0.4, 0.5) is 0 Å². The van der Waals surface area contributed by atoms with Crippen molar-refractivity contribution < 1.29 is 19.1 Å². The van der Waals surface area contributed by atoms with Gasteiger partial charge in [-0.2, -0.15) is 5.01 Å². The Bertz CT molecular complexity index is 827. The first-order chi connectivity index (χ1) is 13.0. The van der Waals surface area contributed by atoms with E-state index in [1.807, 2.05) is 44.2 Å². The molecule has 0 fully saturated rings. The summed E-state index contributed by atoms with van der Waals surface area (Å²) in [6, 6.07) is 16.0. The van der Waals surface area contributed by atoms with Gasteiger partial charge in [-0.15, -0.1) is 0 Å². The molecule has 0 aliphatic carbocycles. The summed E-state index contributed by atoms with van der Waals surface area (Å²) in [5.74, 6) is -0.444. The molecule has 0 unspecified atom stereocenters. The summed E-state index contributed by atoms with van der Waals surface area (Å²) in [6.07, 6.45) is 1.99. The molecule has 0 aromatic heterocycles. The molecule has 0 radical (unpaired) electrons. The predicted octanol–water partition coefficient (Wildman–Crippen LogP) is 3.92. The van der Waals surface area contributed by atoms with E-state index in [0.29, 0.717) is 29.7 Å². The van der Waals surface area contributed by atoms with Crippen LogP contribution in [0.2, 0.25) is 0 Å². The Kier molecular flexibility index (Phi) is 7.47. The third-order valence-corrected chi connectivity index (χ3v) is 3.83. The number of hydrazone groups is 1. The second-order valence-corrected chi connectivity index (χ2v) is 6.44. The summed E-state index contributed by atoms with van der Waals surface area (Å²) in [4.78, 5) is 35.5. The van der Waals surface area contributed by atoms with Gasteiger partial charge in [-0.25, -0.2) is 4.79 Å². The highest BCUT2D eigenvalue weighted by Gasteiger charge is 2.23. The number of ether oxygens (including phenoxy) is 1. The quantitative estimate of drug-likeness (QED) is 0.403. The Hall–Kier alpha value is -3.24. The fourth-order valence-electron chi connectivity index (χ4n) is 2.36. The number of benzene rings is 2. The van der Waals surface area contributed by atoms with Crippen LogP contribution in [0.3, 0.4) is 0 Å². The van der Waals surface area contributed by atoms with E-state index in [-0.39, 0.29) is 12.0 Å². The van der Waals surface area contributed by atoms with Gasteiger partial charge in [0.15, 0.2) is 0 Å². The van der Waals surface area contributed by atoms with Crippen LogP contribution >= 0.6 is 0 Å². The minimum Gasteiger partial charge on any atom is -0.489 e. The lowest BCUT2D eigenvalue weighted by Crippen LogP contribution is -2.32. The van der Waals surface area contributed by atoms with E-state index in [2.05, 4.69) is 5.10 Å². The van der Waals surface area contributed by atoms with Crippen LogP contribution in [-0.4, -0.2) is 22.9 Å². The van der Waals surface area contributed by atoms with Crippen molar-refractivity contribution in [1.82, 2.24) is 5.01 Å². The maximum atomic E-state index is 12.6. The molecule has 0 aliphatic heterocycles. The van der Waals surface area contributed by atoms with Gasteiger partial charge in [-0.05, 0) is 36.1 Å². The smallest absolute Gasteiger partial charge is 0.282 e. The highest BCUT2D eigenvalue weighted by atomic mass is 16.5. The summed E-state index contributed by atoms with van der Waals surface area (Å²) in [5, 5.41) is 3.86. The Balaban J connectivity index is 2.11. The summed E-state index contributed by atoms with van der Waals surface area (Å²) >= 11 is 0. The number of isocyanates is 1. The highest BCUT2D eigenvalue weighted by molar-refractivity contribution is 6.04. The Labute approximate surface area is 158 Å². The van der Waals surface area contributed by atoms with Gasteiger partial charge in [-0.1, -0.05) is 55.3 Å². The van der Waals surface area contributed by atoms with Crippen LogP contribution in [0.5, 0.6) is 5.75 Å². The van der Waals surface area contributed by atoms with Gasteiger partial charge in [0.05, 0.1) is 0 Å². The minimum atomic E-state index is -0.683. The molecule has 0 N–H and O–H groups in total. The molecule has 140 valence electrons. The van der Waals surface area contributed by atoms with E-state index in [1.165, 1.54) is 12.1 Å². The molecule has 6 nitrogen and oxygen atoms in total. The summed E-state index contributed by atoms with van der Waals surface area (Å²) < 4.78 is 5.70. The third-order valence-electron chi connectivity index (χ3n) is 3.83. The molecule has 27 heavy (non-hydrogen) atoms. The van der Waals surface area contributed by atoms with Gasteiger partial charge in [0.2, 0.25) is 0 Å². The monoisotopic (exact) mass is 366 g/mol. The van der Waals surface area contributed by atoms with Crippen molar-refractivity contribution in [1.29, 1.82) is 0 Å². The van der Waals surface area contributed by atoms with Crippen LogP contribution in [-0.2, 0) is 16.2 Å². The van der Waals surface area contributed by atoms with E-state index in [9.17, 15) is 14.4 Å². The molecule has 2 aromatic rings. The third kappa shape index (κ3) is 6.20. The first-order valence-corrected chi connectivity index (χ1v) is 8.73. The lowest BCUT2D eigenvalue weighted by atomic mass is 10.1. The van der Waals surface area contributed by atoms with Crippen molar-refractivity contribution in [3.63, 3.8) is 0 Å². The zero-order valence-corrected chi connectivity index (χ0v) is 15.4. The average molecular weight is 366 g/mol. The maximum Gasteiger partial charge on any atom is 0.282 e. The van der Waals surface area contributed by atoms with E-state index >= 15 is 0 Å². The molecule has 0 saturated heterocycles. The first-order valence-electron chi connectivity index (χ1n) is 8.73. The van der Waals surface area contributed by atoms with E-state index in [0.717, 1.165) is 5.56 Å². The number of carbonyl (C=O) groups excluding carboxylic acids is 3. The molecule has 6 heteroatoms. The Morgan fingerprint density at radius 2 is 1.85 bits per heavy atom. The van der Waals surface area contributed by atoms with Crippen molar-refractivity contribution in [2.45, 2.75) is 33.3 Å². The molecule has 0 spiro atoms. The zero-order valence-electron chi connectivity index (χ0n) is 15.4. The van der Waals surface area contributed by atoms with Gasteiger partial charge in [0, 0.05) is 12.0 Å². The number of hydrogen-bond acceptors (Lipinski definition) is 5. The number of imide groups is 1. The Morgan fingerprint density at radius 1 is 1.11 bits per heavy atom. The van der Waals surface area contributed by atoms with Crippen molar-refractivity contribution in [3.05, 3.63) is 65.7 Å². The zero-order chi connectivity index (χ0) is 19.6. The molecular weight excluding hydrogens is 344 g/mol. The van der Waals surface area contributed by atoms with Gasteiger partial charge < -0.3 is 4.74 Å². The van der Waals surface area contributed by atoms with Crippen LogP contribution in [0.15, 0.2) is 59.7 Å². The average Bonchev–Trinajstić information content (AvgIpc) is 2.69. The first kappa shape index (κ1) is 20.1. The van der Waals surface area contributed by atoms with Crippen molar-refractivity contribution in [2.24, 2.45) is 11.0 Å². The van der Waals surface area contributed by atoms with Crippen LogP contribution < -0.4 is 4.74 Å². The normalized spacial score (nSPS) is 10.2. The number of carbonyl (C=O) groups is 2. The number of nitrogens with zero attached hydrogens (tertiary/aromatic N) is 2. The standard InChI is InChI=1S/C21H22N2O4/c1-16(2)11-12-20(25)23(22-15-24)21(26)18-9-6-10-19(13-18)27-14-17-7-4-3-5-8-17/h3-10,13,16H,11-12,14H2,1-2H3. The molecule has 0 bridgehead atoms. The largest absolute Gasteiger partial charge is 0.489 e. The van der Waals surface area contributed by atoms with E-state index in [1.54, 1.807) is 18.2 Å². The summed E-state index contributed by atoms with van der Waals surface area (Å²) in [6.45, 7) is 4.29. The number of amides is 2. The molecular formula is C21H22N2O4. The van der Waals surface area contributed by atoms with Gasteiger partial charge in [0.1, 0.15) is 12.4 Å². The van der Waals surface area contributed by atoms with Gasteiger partial charge in [0.25, 0.3) is 17.9 Å². The second-order valence-electron chi connectivity index (χ2n) is 6.44. The SMILES string of the molecule is CC(C)CCC(=O)N(N=C=O)C(=O)c1cccc(OCc2ccccc2)c1. The second kappa shape index (κ2) is 10.0. The predicted molar refractivity (Wildman–Crippen MR) is 101 cm³/mol. The van der Waals surface area contributed by atoms with Gasteiger partial charge in [-0.3, -0.25) is 9.59 Å². The van der Waals surface area contributed by atoms with E-state index in [4.69, 9.17) is 4.74 Å². The number of rotatable bonds is 8. The van der Waals surface area contributed by atoms with Crippen molar-refractivity contribution in [2.75, 3.05) is 0 Å². The van der Waals surface area contributed by atoms with Crippen molar-refractivity contribution in [3.8, 4) is 5.75 Å². The lowest BCUT2D eigenvalue weighted by molar-refractivity contribution is -0.128. The van der Waals surface area contributed by atoms with Crippen LogP contribution in [0.1, 0.15) is 42.6 Å². The molecule has 0 saturated carbocycles. The molecule has 0 heterocycles.